The molecule has 5 rings (SSSR count). The smallest absolute Gasteiger partial charge is 0.253 e. The van der Waals surface area contributed by atoms with Gasteiger partial charge in [-0.1, -0.05) is 24.3 Å². The van der Waals surface area contributed by atoms with Crippen LogP contribution >= 0.6 is 0 Å². The summed E-state index contributed by atoms with van der Waals surface area (Å²) < 4.78 is 0. The fourth-order valence-electron chi connectivity index (χ4n) is 4.37. The minimum Gasteiger partial charge on any atom is -0.412 e. The highest BCUT2D eigenvalue weighted by molar-refractivity contribution is 5.95. The molecule has 1 aromatic heterocycles. The van der Waals surface area contributed by atoms with Crippen LogP contribution < -0.4 is 5.73 Å². The van der Waals surface area contributed by atoms with Crippen molar-refractivity contribution in [2.24, 2.45) is 5.73 Å². The Labute approximate surface area is 179 Å². The van der Waals surface area contributed by atoms with Gasteiger partial charge in [-0.15, -0.1) is 9.94 Å². The van der Waals surface area contributed by atoms with E-state index in [0.29, 0.717) is 37.3 Å². The molecule has 2 aromatic carbocycles. The normalized spacial score (nSPS) is 18.1. The Bertz CT molecular complexity index is 1140. The van der Waals surface area contributed by atoms with Gasteiger partial charge < -0.3 is 20.7 Å². The number of carbonyl (C=O) groups excluding carboxylic acids is 2. The second-order valence-corrected chi connectivity index (χ2v) is 8.49. The number of benzene rings is 2. The van der Waals surface area contributed by atoms with Gasteiger partial charge in [-0.25, -0.2) is 0 Å². The molecule has 2 amide bonds. The average molecular weight is 419 g/mol. The van der Waals surface area contributed by atoms with Crippen LogP contribution in [0.2, 0.25) is 0 Å². The van der Waals surface area contributed by atoms with Crippen molar-refractivity contribution in [3.63, 3.8) is 0 Å². The van der Waals surface area contributed by atoms with Gasteiger partial charge in [0.25, 0.3) is 5.91 Å². The molecule has 3 aromatic rings. The third kappa shape index (κ3) is 3.53. The largest absolute Gasteiger partial charge is 0.412 e. The average Bonchev–Trinajstić information content (AvgIpc) is 3.16. The Morgan fingerprint density at radius 1 is 0.935 bits per heavy atom. The number of piperazine rings is 1. The molecule has 0 radical (unpaired) electrons. The van der Waals surface area contributed by atoms with Crippen LogP contribution in [0.4, 0.5) is 0 Å². The standard InChI is InChI=1S/C23H25N5O3/c24-23(8-1-9-23)22(30)27-12-10-26(11-13-27)21(29)17-4-2-16(3-5-17)18-6-7-19-15-28(31)25-20(19)14-18/h2-7,14-15,31H,1,8-13,24H2. The highest BCUT2D eigenvalue weighted by atomic mass is 16.5. The zero-order valence-corrected chi connectivity index (χ0v) is 17.2. The molecule has 160 valence electrons. The van der Waals surface area contributed by atoms with Crippen LogP contribution in [-0.2, 0) is 4.79 Å². The van der Waals surface area contributed by atoms with Crippen LogP contribution in [0.25, 0.3) is 22.0 Å². The van der Waals surface area contributed by atoms with Crippen LogP contribution in [-0.4, -0.2) is 68.5 Å². The van der Waals surface area contributed by atoms with Gasteiger partial charge in [-0.2, -0.15) is 0 Å². The molecule has 0 bridgehead atoms. The summed E-state index contributed by atoms with van der Waals surface area (Å²) in [6.45, 7) is 2.09. The second kappa shape index (κ2) is 7.39. The Kier molecular flexibility index (Phi) is 4.66. The van der Waals surface area contributed by atoms with Crippen molar-refractivity contribution in [3.8, 4) is 11.1 Å². The summed E-state index contributed by atoms with van der Waals surface area (Å²) >= 11 is 0. The number of rotatable bonds is 3. The van der Waals surface area contributed by atoms with E-state index in [2.05, 4.69) is 5.10 Å². The first kappa shape index (κ1) is 19.6. The highest BCUT2D eigenvalue weighted by Crippen LogP contribution is 2.31. The van der Waals surface area contributed by atoms with Crippen LogP contribution in [0.3, 0.4) is 0 Å². The molecule has 2 heterocycles. The third-order valence-corrected chi connectivity index (χ3v) is 6.49. The summed E-state index contributed by atoms with van der Waals surface area (Å²) in [6.07, 6.45) is 4.07. The lowest BCUT2D eigenvalue weighted by molar-refractivity contribution is -0.141. The molecule has 3 N–H and O–H groups in total. The van der Waals surface area contributed by atoms with Gasteiger partial charge in [-0.3, -0.25) is 9.59 Å². The van der Waals surface area contributed by atoms with Crippen molar-refractivity contribution in [3.05, 3.63) is 54.2 Å². The van der Waals surface area contributed by atoms with E-state index in [-0.39, 0.29) is 11.8 Å². The first-order chi connectivity index (χ1) is 14.9. The van der Waals surface area contributed by atoms with Gasteiger partial charge in [0.2, 0.25) is 5.91 Å². The Morgan fingerprint density at radius 2 is 1.58 bits per heavy atom. The number of hydrogen-bond donors (Lipinski definition) is 2. The number of aromatic nitrogens is 2. The van der Waals surface area contributed by atoms with Crippen LogP contribution in [0, 0.1) is 0 Å². The monoisotopic (exact) mass is 419 g/mol. The van der Waals surface area contributed by atoms with Crippen molar-refractivity contribution in [2.45, 2.75) is 24.8 Å². The third-order valence-electron chi connectivity index (χ3n) is 6.49. The first-order valence-electron chi connectivity index (χ1n) is 10.6. The van der Waals surface area contributed by atoms with Crippen molar-refractivity contribution < 1.29 is 14.8 Å². The lowest BCUT2D eigenvalue weighted by Crippen LogP contribution is -2.62. The predicted molar refractivity (Wildman–Crippen MR) is 116 cm³/mol. The van der Waals surface area contributed by atoms with E-state index in [1.54, 1.807) is 16.0 Å². The van der Waals surface area contributed by atoms with E-state index in [4.69, 9.17) is 5.73 Å². The van der Waals surface area contributed by atoms with E-state index in [9.17, 15) is 14.8 Å². The van der Waals surface area contributed by atoms with Gasteiger partial charge >= 0.3 is 0 Å². The van der Waals surface area contributed by atoms with Crippen LogP contribution in [0.1, 0.15) is 29.6 Å². The molecule has 0 spiro atoms. The number of fused-ring (bicyclic) bond motifs is 1. The first-order valence-corrected chi connectivity index (χ1v) is 10.6. The van der Waals surface area contributed by atoms with E-state index < -0.39 is 5.54 Å². The predicted octanol–water partition coefficient (Wildman–Crippen LogP) is 2.11. The maximum Gasteiger partial charge on any atom is 0.253 e. The Balaban J connectivity index is 1.24. The minimum absolute atomic E-state index is 0.0261. The quantitative estimate of drug-likeness (QED) is 0.633. The fraction of sp³-hybridized carbons (Fsp3) is 0.348. The zero-order valence-electron chi connectivity index (χ0n) is 17.2. The molecule has 2 fully saturated rings. The minimum atomic E-state index is -0.680. The number of carbonyl (C=O) groups is 2. The molecule has 1 aliphatic heterocycles. The second-order valence-electron chi connectivity index (χ2n) is 8.49. The number of nitrogens with two attached hydrogens (primary N) is 1. The van der Waals surface area contributed by atoms with E-state index in [1.807, 2.05) is 42.5 Å². The molecule has 1 aliphatic carbocycles. The zero-order chi connectivity index (χ0) is 21.6. The fourth-order valence-corrected chi connectivity index (χ4v) is 4.37. The lowest BCUT2D eigenvalue weighted by atomic mass is 9.76. The van der Waals surface area contributed by atoms with Crippen molar-refractivity contribution >= 4 is 22.7 Å². The van der Waals surface area contributed by atoms with Crippen molar-refractivity contribution in [2.75, 3.05) is 26.2 Å². The molecule has 8 heteroatoms. The maximum atomic E-state index is 12.9. The van der Waals surface area contributed by atoms with Crippen LogP contribution in [0.5, 0.6) is 0 Å². The van der Waals surface area contributed by atoms with Gasteiger partial charge in [0.1, 0.15) is 0 Å². The van der Waals surface area contributed by atoms with Gasteiger partial charge in [0.15, 0.2) is 0 Å². The summed E-state index contributed by atoms with van der Waals surface area (Å²) in [5.41, 5.74) is 8.74. The molecule has 1 saturated heterocycles. The van der Waals surface area contributed by atoms with Gasteiger partial charge in [0.05, 0.1) is 17.3 Å². The highest BCUT2D eigenvalue weighted by Gasteiger charge is 2.43. The molecule has 2 aliphatic rings. The van der Waals surface area contributed by atoms with E-state index in [0.717, 1.165) is 40.6 Å². The van der Waals surface area contributed by atoms with Crippen molar-refractivity contribution in [1.82, 2.24) is 19.7 Å². The molecule has 31 heavy (non-hydrogen) atoms. The Hall–Kier alpha value is -3.39. The van der Waals surface area contributed by atoms with E-state index >= 15 is 0 Å². The molecule has 1 saturated carbocycles. The Morgan fingerprint density at radius 3 is 2.23 bits per heavy atom. The molecular formula is C23H25N5O3. The summed E-state index contributed by atoms with van der Waals surface area (Å²) in [6, 6.07) is 13.3. The van der Waals surface area contributed by atoms with Gasteiger partial charge in [0, 0.05) is 37.1 Å². The van der Waals surface area contributed by atoms with Crippen molar-refractivity contribution in [1.29, 1.82) is 0 Å². The maximum absolute atomic E-state index is 12.9. The summed E-state index contributed by atoms with van der Waals surface area (Å²) in [4.78, 5) is 29.9. The number of hydrogen-bond acceptors (Lipinski definition) is 5. The SMILES string of the molecule is NC1(C(=O)N2CCN(C(=O)c3ccc(-c4ccc5cn(O)nc5c4)cc3)CC2)CCC1. The number of amides is 2. The summed E-state index contributed by atoms with van der Waals surface area (Å²) in [5, 5.41) is 14.4. The molecule has 0 atom stereocenters. The molecular weight excluding hydrogens is 394 g/mol. The van der Waals surface area contributed by atoms with Gasteiger partial charge in [-0.05, 0) is 48.6 Å². The van der Waals surface area contributed by atoms with Crippen LogP contribution in [0.15, 0.2) is 48.7 Å². The lowest BCUT2D eigenvalue weighted by Gasteiger charge is -2.43. The molecule has 8 nitrogen and oxygen atoms in total. The topological polar surface area (TPSA) is 105 Å². The van der Waals surface area contributed by atoms with E-state index in [1.165, 1.54) is 0 Å². The number of nitrogens with zero attached hydrogens (tertiary/aromatic N) is 4. The molecule has 0 unspecified atom stereocenters. The summed E-state index contributed by atoms with van der Waals surface area (Å²) in [5.74, 6) is -0.00238. The summed E-state index contributed by atoms with van der Waals surface area (Å²) in [7, 11) is 0.